The van der Waals surface area contributed by atoms with Crippen molar-refractivity contribution in [3.8, 4) is 0 Å². The molecule has 2 aromatic carbocycles. The van der Waals surface area contributed by atoms with Crippen LogP contribution in [0.2, 0.25) is 0 Å². The van der Waals surface area contributed by atoms with Crippen LogP contribution in [0, 0.1) is 0 Å². The second-order valence-corrected chi connectivity index (χ2v) is 4.59. The Morgan fingerprint density at radius 2 is 1.67 bits per heavy atom. The molecule has 0 aliphatic carbocycles. The molecule has 3 aromatic rings. The Balaban J connectivity index is 0.00000161. The first-order valence-electron chi connectivity index (χ1n) is 6.30. The number of nitrogens with zero attached hydrogens (tertiary/aromatic N) is 2. The number of aromatic nitrogens is 2. The van der Waals surface area contributed by atoms with Gasteiger partial charge in [-0.2, -0.15) is 0 Å². The molecule has 4 N–H and O–H groups in total. The summed E-state index contributed by atoms with van der Waals surface area (Å²) in [7, 11) is 0. The molecule has 0 fully saturated rings. The van der Waals surface area contributed by atoms with Crippen molar-refractivity contribution in [3.05, 3.63) is 60.2 Å². The van der Waals surface area contributed by atoms with Gasteiger partial charge < -0.3 is 17.0 Å². The molecule has 0 unspecified atom stereocenters. The smallest absolute Gasteiger partial charge is 0.378 e. The maximum atomic E-state index is 12.3. The molecule has 1 aromatic heterocycles. The zero-order chi connectivity index (χ0) is 14.1. The fourth-order valence-corrected chi connectivity index (χ4v) is 2.30. The topological polar surface area (TPSA) is 77.9 Å². The third-order valence-corrected chi connectivity index (χ3v) is 3.35. The Morgan fingerprint density at radius 3 is 2.38 bits per heavy atom. The van der Waals surface area contributed by atoms with Crippen LogP contribution < -0.4 is 33.1 Å². The number of rotatable bonds is 3. The number of nitrogen functional groups attached to an aromatic ring is 2. The van der Waals surface area contributed by atoms with Gasteiger partial charge in [-0.25, -0.2) is 4.57 Å². The van der Waals surface area contributed by atoms with Gasteiger partial charge in [0.15, 0.2) is 11.3 Å². The Kier molecular flexibility index (Phi) is 4.28. The van der Waals surface area contributed by atoms with E-state index in [1.807, 2.05) is 42.5 Å². The van der Waals surface area contributed by atoms with Crippen LogP contribution in [0.3, 0.4) is 0 Å². The van der Waals surface area contributed by atoms with Crippen molar-refractivity contribution in [3.63, 3.8) is 0 Å². The molecule has 3 rings (SSSR count). The van der Waals surface area contributed by atoms with Crippen molar-refractivity contribution in [2.45, 2.75) is 6.54 Å². The van der Waals surface area contributed by atoms with Crippen molar-refractivity contribution in [2.24, 2.45) is 0 Å². The number of fused-ring (bicyclic) bond motifs is 1. The molecule has 1 heterocycles. The van der Waals surface area contributed by atoms with E-state index >= 15 is 0 Å². The minimum atomic E-state index is -0.00125. The number of nitrogens with two attached hydrogens (primary N) is 2. The number of halogens is 1. The molecule has 0 bridgehead atoms. The summed E-state index contributed by atoms with van der Waals surface area (Å²) in [6, 6.07) is 16.7. The number of anilines is 1. The maximum absolute atomic E-state index is 12.3. The van der Waals surface area contributed by atoms with Gasteiger partial charge in [-0.1, -0.05) is 42.5 Å². The first-order chi connectivity index (χ1) is 9.68. The number of para-hydroxylation sites is 2. The summed E-state index contributed by atoms with van der Waals surface area (Å²) < 4.78 is 3.12. The molecule has 0 aliphatic rings. The van der Waals surface area contributed by atoms with E-state index in [0.717, 1.165) is 11.0 Å². The Labute approximate surface area is 132 Å². The van der Waals surface area contributed by atoms with Crippen molar-refractivity contribution in [1.29, 1.82) is 0 Å². The lowest BCUT2D eigenvalue weighted by Crippen LogP contribution is -3.00. The van der Waals surface area contributed by atoms with E-state index in [-0.39, 0.29) is 29.3 Å². The van der Waals surface area contributed by atoms with Gasteiger partial charge >= 0.3 is 5.95 Å². The molecule has 0 atom stereocenters. The molecule has 21 heavy (non-hydrogen) atoms. The van der Waals surface area contributed by atoms with Crippen LogP contribution in [0.1, 0.15) is 10.4 Å². The molecule has 6 heteroatoms. The van der Waals surface area contributed by atoms with Gasteiger partial charge in [0.2, 0.25) is 0 Å². The zero-order valence-corrected chi connectivity index (χ0v) is 12.8. The second kappa shape index (κ2) is 5.97. The van der Waals surface area contributed by atoms with Gasteiger partial charge in [0.1, 0.15) is 12.1 Å². The lowest BCUT2D eigenvalue weighted by Gasteiger charge is -2.01. The van der Waals surface area contributed by atoms with E-state index in [0.29, 0.717) is 11.5 Å². The van der Waals surface area contributed by atoms with E-state index in [4.69, 9.17) is 11.6 Å². The van der Waals surface area contributed by atoms with Gasteiger partial charge in [0.25, 0.3) is 0 Å². The predicted molar refractivity (Wildman–Crippen MR) is 77.5 cm³/mol. The molecule has 0 spiro atoms. The Morgan fingerprint density at radius 1 is 1.05 bits per heavy atom. The standard InChI is InChI=1S/C15H14N4O.BrH/c16-15-18(10-14(20)11-6-2-1-3-7-11)12-8-4-5-9-13(12)19(15)17;/h1-9,16H,10,17H2;1H. The van der Waals surface area contributed by atoms with Crippen LogP contribution in [0.5, 0.6) is 0 Å². The molecule has 108 valence electrons. The van der Waals surface area contributed by atoms with Crippen LogP contribution in [0.25, 0.3) is 11.0 Å². The van der Waals surface area contributed by atoms with Crippen LogP contribution in [0.4, 0.5) is 5.95 Å². The van der Waals surface area contributed by atoms with E-state index in [9.17, 15) is 4.79 Å². The number of hydrogen-bond donors (Lipinski definition) is 2. The largest absolute Gasteiger partial charge is 1.00 e. The second-order valence-electron chi connectivity index (χ2n) is 4.59. The van der Waals surface area contributed by atoms with Gasteiger partial charge in [0, 0.05) is 5.56 Å². The summed E-state index contributed by atoms with van der Waals surface area (Å²) in [5, 5.41) is 0. The normalized spacial score (nSPS) is 10.3. The monoisotopic (exact) mass is 346 g/mol. The molecule has 0 aliphatic heterocycles. The summed E-state index contributed by atoms with van der Waals surface area (Å²) in [6.07, 6.45) is 0. The molecule has 0 radical (unpaired) electrons. The molecular weight excluding hydrogens is 332 g/mol. The summed E-state index contributed by atoms with van der Waals surface area (Å²) in [4.78, 5) is 12.3. The van der Waals surface area contributed by atoms with E-state index in [1.54, 1.807) is 16.7 Å². The minimum absolute atomic E-state index is 0. The van der Waals surface area contributed by atoms with E-state index in [2.05, 4.69) is 0 Å². The van der Waals surface area contributed by atoms with Crippen LogP contribution in [-0.2, 0) is 6.54 Å². The summed E-state index contributed by atoms with van der Waals surface area (Å²) in [6.45, 7) is 0.167. The first-order valence-corrected chi connectivity index (χ1v) is 6.30. The van der Waals surface area contributed by atoms with Crippen molar-refractivity contribution < 1.29 is 26.3 Å². The lowest BCUT2D eigenvalue weighted by molar-refractivity contribution is -0.642. The quantitative estimate of drug-likeness (QED) is 0.331. The number of hydrogen-bond acceptors (Lipinski definition) is 3. The lowest BCUT2D eigenvalue weighted by atomic mass is 10.1. The third-order valence-electron chi connectivity index (χ3n) is 3.35. The maximum Gasteiger partial charge on any atom is 0.378 e. The summed E-state index contributed by atoms with van der Waals surface area (Å²) in [5.74, 6) is 6.27. The number of carbonyl (C=O) groups is 1. The zero-order valence-electron chi connectivity index (χ0n) is 11.2. The van der Waals surface area contributed by atoms with Crippen LogP contribution >= 0.6 is 0 Å². The highest BCUT2D eigenvalue weighted by molar-refractivity contribution is 5.95. The third kappa shape index (κ3) is 2.62. The highest BCUT2D eigenvalue weighted by atomic mass is 79.9. The summed E-state index contributed by atoms with van der Waals surface area (Å²) >= 11 is 0. The number of imidazole rings is 1. The van der Waals surface area contributed by atoms with Crippen LogP contribution in [0.15, 0.2) is 54.6 Å². The molecular formula is C15H15BrN4O. The molecule has 5 nitrogen and oxygen atoms in total. The van der Waals surface area contributed by atoms with E-state index in [1.165, 1.54) is 4.68 Å². The van der Waals surface area contributed by atoms with E-state index < -0.39 is 0 Å². The Hall–Kier alpha value is -2.34. The fourth-order valence-electron chi connectivity index (χ4n) is 2.30. The summed E-state index contributed by atoms with van der Waals surface area (Å²) in [5.41, 5.74) is 8.29. The first kappa shape index (κ1) is 15.1. The molecule has 0 saturated heterocycles. The van der Waals surface area contributed by atoms with Gasteiger partial charge in [-0.3, -0.25) is 16.4 Å². The molecule has 0 saturated carbocycles. The van der Waals surface area contributed by atoms with Gasteiger partial charge in [0.05, 0.1) is 0 Å². The fraction of sp³-hybridized carbons (Fsp3) is 0.0667. The number of carbonyl (C=O) groups excluding carboxylic acids is 1. The van der Waals surface area contributed by atoms with Gasteiger partial charge in [-0.15, -0.1) is 4.68 Å². The number of benzene rings is 2. The predicted octanol–water partition coefficient (Wildman–Crippen LogP) is -1.89. The number of ketones is 1. The highest BCUT2D eigenvalue weighted by Crippen LogP contribution is 2.13. The number of Topliss-reactive ketones (excluding diaryl/α,β-unsaturated/α-hetero) is 1. The minimum Gasteiger partial charge on any atom is -1.00 e. The highest BCUT2D eigenvalue weighted by Gasteiger charge is 2.21. The van der Waals surface area contributed by atoms with Crippen molar-refractivity contribution in [1.82, 2.24) is 4.68 Å². The average molecular weight is 347 g/mol. The van der Waals surface area contributed by atoms with Gasteiger partial charge in [-0.05, 0) is 12.1 Å². The van der Waals surface area contributed by atoms with Crippen molar-refractivity contribution >= 4 is 22.8 Å². The average Bonchev–Trinajstić information content (AvgIpc) is 2.74. The molecule has 0 amide bonds. The Bertz CT molecular complexity index is 783. The van der Waals surface area contributed by atoms with Crippen molar-refractivity contribution in [2.75, 3.05) is 11.6 Å². The van der Waals surface area contributed by atoms with Crippen LogP contribution in [-0.4, -0.2) is 10.5 Å². The SMILES string of the molecule is Nc1n(N)c2ccccc2[n+]1CC(=O)c1ccccc1.[Br-].